The van der Waals surface area contributed by atoms with E-state index in [-0.39, 0.29) is 19.6 Å². The Bertz CT molecular complexity index is 1170. The second-order valence-corrected chi connectivity index (χ2v) is 15.6. The lowest BCUT2D eigenvalue weighted by Gasteiger charge is -2.41. The van der Waals surface area contributed by atoms with Gasteiger partial charge in [-0.05, 0) is 51.4 Å². The molecule has 1 aliphatic rings. The quantitative estimate of drug-likeness (QED) is 0.0206. The minimum atomic E-state index is -5.06. The van der Waals surface area contributed by atoms with Crippen LogP contribution in [0.1, 0.15) is 155 Å². The summed E-state index contributed by atoms with van der Waals surface area (Å²) in [6.07, 6.45) is 31.6. The van der Waals surface area contributed by atoms with Gasteiger partial charge in [-0.2, -0.15) is 8.42 Å². The summed E-state index contributed by atoms with van der Waals surface area (Å²) in [5.74, 6) is -0.411. The Morgan fingerprint density at radius 1 is 0.696 bits per heavy atom. The highest BCUT2D eigenvalue weighted by Crippen LogP contribution is 2.26. The maximum atomic E-state index is 12.8. The van der Waals surface area contributed by atoms with Gasteiger partial charge in [-0.1, -0.05) is 146 Å². The SMILES string of the molecule is CC/C=C\C/C=C\C/C=C\C/C=C\CCCCCCCCCCC(=O)OC(COCCCCCCCCCC)COC1OC(CO)C(O)C(OS(=O)(=O)O)C1O. The van der Waals surface area contributed by atoms with E-state index in [2.05, 4.69) is 66.6 Å². The van der Waals surface area contributed by atoms with E-state index in [1.54, 1.807) is 0 Å². The second-order valence-electron chi connectivity index (χ2n) is 14.6. The first-order valence-electron chi connectivity index (χ1n) is 21.4. The number of aliphatic hydroxyl groups excluding tert-OH is 3. The van der Waals surface area contributed by atoms with Gasteiger partial charge in [0.25, 0.3) is 0 Å². The summed E-state index contributed by atoms with van der Waals surface area (Å²) in [6, 6.07) is 0. The lowest BCUT2D eigenvalue weighted by atomic mass is 9.99. The van der Waals surface area contributed by atoms with E-state index in [1.165, 1.54) is 57.8 Å². The number of carbonyl (C=O) groups is 1. The van der Waals surface area contributed by atoms with Gasteiger partial charge in [-0.15, -0.1) is 0 Å². The highest BCUT2D eigenvalue weighted by molar-refractivity contribution is 7.80. The Morgan fingerprint density at radius 2 is 1.23 bits per heavy atom. The monoisotopic (exact) mass is 817 g/mol. The molecule has 1 heterocycles. The van der Waals surface area contributed by atoms with Crippen molar-refractivity contribution in [3.63, 3.8) is 0 Å². The molecule has 1 saturated heterocycles. The Hall–Kier alpha value is -1.94. The van der Waals surface area contributed by atoms with Crippen molar-refractivity contribution in [3.05, 3.63) is 48.6 Å². The predicted octanol–water partition coefficient (Wildman–Crippen LogP) is 8.41. The summed E-state index contributed by atoms with van der Waals surface area (Å²) >= 11 is 0. The standard InChI is InChI=1S/C43H76O12S/c1-3-5-7-9-11-13-14-15-16-17-18-19-20-21-22-23-24-25-26-28-30-32-39(45)53-37(35-51-33-31-29-27-12-10-8-6-4-2)36-52-43-41(47)42(55-56(48,49)50)40(46)38(34-44)54-43/h5,7,11,13,15-16,18-19,37-38,40-44,46-47H,3-4,6,8-10,12,14,17,20-36H2,1-2H3,(H,48,49,50)/b7-5-,13-11-,16-15-,19-18-. The molecule has 1 rings (SSSR count). The fourth-order valence-corrected chi connectivity index (χ4v) is 6.76. The molecule has 0 aromatic carbocycles. The lowest BCUT2D eigenvalue weighted by Crippen LogP contribution is -2.60. The molecule has 0 aliphatic carbocycles. The van der Waals surface area contributed by atoms with E-state index in [1.807, 2.05) is 0 Å². The normalized spacial score (nSPS) is 21.3. The van der Waals surface area contributed by atoms with Gasteiger partial charge < -0.3 is 34.3 Å². The van der Waals surface area contributed by atoms with E-state index in [0.29, 0.717) is 13.0 Å². The summed E-state index contributed by atoms with van der Waals surface area (Å²) in [4.78, 5) is 12.8. The van der Waals surface area contributed by atoms with Crippen molar-refractivity contribution in [1.82, 2.24) is 0 Å². The minimum absolute atomic E-state index is 0.0321. The number of carbonyl (C=O) groups excluding carboxylic acids is 1. The van der Waals surface area contributed by atoms with E-state index >= 15 is 0 Å². The molecule has 0 saturated carbocycles. The van der Waals surface area contributed by atoms with Crippen LogP contribution in [0.25, 0.3) is 0 Å². The van der Waals surface area contributed by atoms with Crippen LogP contribution in [0.15, 0.2) is 48.6 Å². The van der Waals surface area contributed by atoms with Crippen LogP contribution in [0.2, 0.25) is 0 Å². The first-order chi connectivity index (χ1) is 27.1. The van der Waals surface area contributed by atoms with Crippen molar-refractivity contribution in [2.75, 3.05) is 26.4 Å². The second kappa shape index (κ2) is 35.0. The molecule has 6 unspecified atom stereocenters. The molecule has 13 heteroatoms. The number of rotatable bonds is 36. The first-order valence-corrected chi connectivity index (χ1v) is 22.8. The highest BCUT2D eigenvalue weighted by atomic mass is 32.3. The molecule has 4 N–H and O–H groups in total. The smallest absolute Gasteiger partial charge is 0.397 e. The Kier molecular flexibility index (Phi) is 32.6. The zero-order valence-electron chi connectivity index (χ0n) is 34.4. The topological polar surface area (TPSA) is 178 Å². The van der Waals surface area contributed by atoms with Crippen LogP contribution in [-0.2, 0) is 38.3 Å². The molecule has 12 nitrogen and oxygen atoms in total. The molecular weight excluding hydrogens is 741 g/mol. The van der Waals surface area contributed by atoms with E-state index in [0.717, 1.165) is 70.6 Å². The summed E-state index contributed by atoms with van der Waals surface area (Å²) in [7, 11) is -5.06. The molecular formula is C43H76O12S. The number of unbranched alkanes of at least 4 members (excludes halogenated alkanes) is 15. The highest BCUT2D eigenvalue weighted by Gasteiger charge is 2.48. The van der Waals surface area contributed by atoms with Crippen molar-refractivity contribution >= 4 is 16.4 Å². The number of aliphatic hydroxyl groups is 3. The van der Waals surface area contributed by atoms with Gasteiger partial charge in [0.05, 0.1) is 19.8 Å². The molecule has 0 spiro atoms. The molecule has 0 aromatic heterocycles. The van der Waals surface area contributed by atoms with Crippen LogP contribution in [-0.4, -0.2) is 97.5 Å². The van der Waals surface area contributed by atoms with Crippen LogP contribution >= 0.6 is 0 Å². The number of hydrogen-bond acceptors (Lipinski definition) is 11. The molecule has 56 heavy (non-hydrogen) atoms. The summed E-state index contributed by atoms with van der Waals surface area (Å²) in [6.45, 7) is 3.82. The van der Waals surface area contributed by atoms with Gasteiger partial charge in [0.1, 0.15) is 30.5 Å². The molecule has 6 atom stereocenters. The largest absolute Gasteiger partial charge is 0.457 e. The summed E-state index contributed by atoms with van der Waals surface area (Å²) < 4.78 is 58.8. The zero-order valence-corrected chi connectivity index (χ0v) is 35.2. The Balaban J connectivity index is 2.38. The van der Waals surface area contributed by atoms with Crippen molar-refractivity contribution in [3.8, 4) is 0 Å². The van der Waals surface area contributed by atoms with Crippen LogP contribution in [0.3, 0.4) is 0 Å². The van der Waals surface area contributed by atoms with E-state index in [4.69, 9.17) is 23.5 Å². The third kappa shape index (κ3) is 28.5. The Morgan fingerprint density at radius 3 is 1.80 bits per heavy atom. The maximum absolute atomic E-state index is 12.8. The third-order valence-corrected chi connectivity index (χ3v) is 9.93. The third-order valence-electron chi connectivity index (χ3n) is 9.47. The van der Waals surface area contributed by atoms with Crippen molar-refractivity contribution in [2.45, 2.75) is 192 Å². The molecule has 1 aliphatic heterocycles. The summed E-state index contributed by atoms with van der Waals surface area (Å²) in [5.41, 5.74) is 0. The summed E-state index contributed by atoms with van der Waals surface area (Å²) in [5, 5.41) is 30.5. The van der Waals surface area contributed by atoms with Crippen molar-refractivity contribution < 1.29 is 56.2 Å². The minimum Gasteiger partial charge on any atom is -0.457 e. The zero-order chi connectivity index (χ0) is 41.1. The van der Waals surface area contributed by atoms with Crippen molar-refractivity contribution in [2.24, 2.45) is 0 Å². The fraction of sp³-hybridized carbons (Fsp3) is 0.791. The number of allylic oxidation sites excluding steroid dienone is 8. The lowest BCUT2D eigenvalue weighted by molar-refractivity contribution is -0.301. The van der Waals surface area contributed by atoms with Gasteiger partial charge in [-0.3, -0.25) is 9.35 Å². The van der Waals surface area contributed by atoms with Crippen LogP contribution in [0.5, 0.6) is 0 Å². The molecule has 0 bridgehead atoms. The van der Waals surface area contributed by atoms with Gasteiger partial charge in [-0.25, -0.2) is 4.18 Å². The first kappa shape index (κ1) is 52.1. The van der Waals surface area contributed by atoms with Gasteiger partial charge in [0, 0.05) is 13.0 Å². The van der Waals surface area contributed by atoms with E-state index in [9.17, 15) is 28.5 Å². The number of esters is 1. The van der Waals surface area contributed by atoms with E-state index < -0.39 is 59.8 Å². The van der Waals surface area contributed by atoms with Crippen LogP contribution in [0, 0.1) is 0 Å². The molecule has 0 amide bonds. The molecule has 326 valence electrons. The number of ether oxygens (including phenoxy) is 4. The molecule has 0 aromatic rings. The fourth-order valence-electron chi connectivity index (χ4n) is 6.25. The predicted molar refractivity (Wildman–Crippen MR) is 220 cm³/mol. The number of hydrogen-bond donors (Lipinski definition) is 4. The Labute approximate surface area is 338 Å². The van der Waals surface area contributed by atoms with Gasteiger partial charge in [0.2, 0.25) is 0 Å². The van der Waals surface area contributed by atoms with Crippen LogP contribution < -0.4 is 0 Å². The van der Waals surface area contributed by atoms with Crippen molar-refractivity contribution in [1.29, 1.82) is 0 Å². The van der Waals surface area contributed by atoms with Crippen LogP contribution in [0.4, 0.5) is 0 Å². The maximum Gasteiger partial charge on any atom is 0.397 e. The average molecular weight is 817 g/mol. The average Bonchev–Trinajstić information content (AvgIpc) is 3.17. The van der Waals surface area contributed by atoms with Gasteiger partial charge in [0.15, 0.2) is 6.29 Å². The van der Waals surface area contributed by atoms with Gasteiger partial charge >= 0.3 is 16.4 Å². The molecule has 0 radical (unpaired) electrons. The molecule has 1 fully saturated rings.